The molecule has 6 heteroatoms. The Kier molecular flexibility index (Phi) is 7.12. The maximum Gasteiger partial charge on any atom is 0.141 e. The highest BCUT2D eigenvalue weighted by atomic mass is 35.5. The molecule has 1 unspecified atom stereocenters. The van der Waals surface area contributed by atoms with Crippen molar-refractivity contribution in [2.45, 2.75) is 32.0 Å². The van der Waals surface area contributed by atoms with Gasteiger partial charge in [-0.1, -0.05) is 41.4 Å². The minimum Gasteiger partial charge on any atom is -0.311 e. The molecule has 0 saturated carbocycles. The van der Waals surface area contributed by atoms with Gasteiger partial charge in [-0.05, 0) is 49.2 Å². The fourth-order valence-corrected chi connectivity index (χ4v) is 3.63. The molecular formula is C19H22Cl3FN2. The van der Waals surface area contributed by atoms with Gasteiger partial charge in [-0.15, -0.1) is 12.4 Å². The third-order valence-corrected chi connectivity index (χ3v) is 5.13. The molecule has 0 aliphatic carbocycles. The van der Waals surface area contributed by atoms with Crippen LogP contribution in [-0.2, 0) is 0 Å². The van der Waals surface area contributed by atoms with E-state index >= 15 is 0 Å². The Balaban J connectivity index is 0.00000225. The smallest absolute Gasteiger partial charge is 0.141 e. The second-order valence-corrected chi connectivity index (χ2v) is 7.33. The molecule has 2 nitrogen and oxygen atoms in total. The lowest BCUT2D eigenvalue weighted by Gasteiger charge is -2.43. The Morgan fingerprint density at radius 2 is 1.72 bits per heavy atom. The summed E-state index contributed by atoms with van der Waals surface area (Å²) in [5.74, 6) is -0.392. The predicted molar refractivity (Wildman–Crippen MR) is 106 cm³/mol. The van der Waals surface area contributed by atoms with Gasteiger partial charge < -0.3 is 5.32 Å². The molecule has 25 heavy (non-hydrogen) atoms. The number of hydrogen-bond donors (Lipinski definition) is 1. The fraction of sp³-hybridized carbons (Fsp3) is 0.368. The zero-order valence-corrected chi connectivity index (χ0v) is 16.5. The average Bonchev–Trinajstić information content (AvgIpc) is 2.56. The van der Waals surface area contributed by atoms with Crippen LogP contribution in [0.1, 0.15) is 31.0 Å². The van der Waals surface area contributed by atoms with Crippen molar-refractivity contribution in [3.63, 3.8) is 0 Å². The van der Waals surface area contributed by atoms with Crippen LogP contribution in [0.5, 0.6) is 0 Å². The molecule has 1 fully saturated rings. The summed E-state index contributed by atoms with van der Waals surface area (Å²) in [6, 6.07) is 13.6. The average molecular weight is 404 g/mol. The van der Waals surface area contributed by atoms with Gasteiger partial charge >= 0.3 is 0 Å². The molecule has 0 aromatic heterocycles. The van der Waals surface area contributed by atoms with Crippen molar-refractivity contribution in [1.82, 2.24) is 10.2 Å². The van der Waals surface area contributed by atoms with Crippen molar-refractivity contribution in [3.8, 4) is 0 Å². The summed E-state index contributed by atoms with van der Waals surface area (Å²) in [7, 11) is 0. The van der Waals surface area contributed by atoms with Crippen LogP contribution in [0.3, 0.4) is 0 Å². The number of benzene rings is 2. The summed E-state index contributed by atoms with van der Waals surface area (Å²) in [5, 5.41) is 4.36. The molecule has 2 aromatic rings. The molecule has 0 amide bonds. The van der Waals surface area contributed by atoms with Gasteiger partial charge in [0.15, 0.2) is 0 Å². The van der Waals surface area contributed by atoms with Crippen LogP contribution in [0.2, 0.25) is 10.0 Å². The van der Waals surface area contributed by atoms with Crippen molar-refractivity contribution >= 4 is 35.6 Å². The molecule has 136 valence electrons. The lowest BCUT2D eigenvalue weighted by atomic mass is 9.94. The summed E-state index contributed by atoms with van der Waals surface area (Å²) < 4.78 is 13.6. The molecule has 1 aliphatic heterocycles. The largest absolute Gasteiger partial charge is 0.311 e. The molecule has 3 atom stereocenters. The number of rotatable bonds is 3. The number of nitrogens with one attached hydrogen (secondary N) is 1. The van der Waals surface area contributed by atoms with Gasteiger partial charge in [0.2, 0.25) is 0 Å². The van der Waals surface area contributed by atoms with Gasteiger partial charge in [-0.2, -0.15) is 0 Å². The molecule has 0 bridgehead atoms. The first kappa shape index (κ1) is 20.5. The predicted octanol–water partition coefficient (Wildman–Crippen LogP) is 5.33. The molecule has 2 aromatic carbocycles. The van der Waals surface area contributed by atoms with E-state index in [-0.39, 0.29) is 23.5 Å². The minimum atomic E-state index is -0.392. The van der Waals surface area contributed by atoms with Crippen molar-refractivity contribution in [3.05, 3.63) is 69.5 Å². The monoisotopic (exact) mass is 402 g/mol. The van der Waals surface area contributed by atoms with Crippen molar-refractivity contribution in [1.29, 1.82) is 0 Å². The van der Waals surface area contributed by atoms with Gasteiger partial charge in [-0.25, -0.2) is 4.39 Å². The van der Waals surface area contributed by atoms with Gasteiger partial charge in [0.1, 0.15) is 5.82 Å². The first-order chi connectivity index (χ1) is 11.5. The summed E-state index contributed by atoms with van der Waals surface area (Å²) >= 11 is 12.1. The number of hydrogen-bond acceptors (Lipinski definition) is 2. The van der Waals surface area contributed by atoms with Crippen LogP contribution in [0.15, 0.2) is 42.5 Å². The summed E-state index contributed by atoms with van der Waals surface area (Å²) in [6.07, 6.45) is 0. The van der Waals surface area contributed by atoms with Gasteiger partial charge in [-0.3, -0.25) is 4.90 Å². The Hall–Kier alpha value is -0.840. The number of piperazine rings is 1. The van der Waals surface area contributed by atoms with Crippen LogP contribution < -0.4 is 5.32 Å². The second kappa shape index (κ2) is 8.70. The van der Waals surface area contributed by atoms with Crippen molar-refractivity contribution in [2.75, 3.05) is 13.1 Å². The molecule has 1 heterocycles. The first-order valence-corrected chi connectivity index (χ1v) is 8.91. The zero-order chi connectivity index (χ0) is 17.3. The molecule has 1 saturated heterocycles. The summed E-state index contributed by atoms with van der Waals surface area (Å²) in [6.45, 7) is 6.20. The Bertz CT molecular complexity index is 708. The highest BCUT2D eigenvalue weighted by Crippen LogP contribution is 2.34. The lowest BCUT2D eigenvalue weighted by Crippen LogP contribution is -2.55. The van der Waals surface area contributed by atoms with Gasteiger partial charge in [0, 0.05) is 30.2 Å². The van der Waals surface area contributed by atoms with E-state index in [4.69, 9.17) is 23.2 Å². The third kappa shape index (κ3) is 4.66. The van der Waals surface area contributed by atoms with Crippen LogP contribution in [0.25, 0.3) is 0 Å². The van der Waals surface area contributed by atoms with E-state index < -0.39 is 5.82 Å². The standard InChI is InChI=1S/C19H21Cl2FN2.ClH/c1-12-11-24(13(2)10-23-12)19(14-3-6-16(20)7-4-14)15-5-8-18(22)17(21)9-15;/h3-9,12-13,19,23H,10-11H2,1-2H3;1H/t12-,13+,19?;/m0./s1. The SMILES string of the molecule is C[C@@H]1CN[C@@H](C)CN1C(c1ccc(Cl)cc1)c1ccc(F)c(Cl)c1.Cl. The highest BCUT2D eigenvalue weighted by molar-refractivity contribution is 6.31. The summed E-state index contributed by atoms with van der Waals surface area (Å²) in [5.41, 5.74) is 2.12. The van der Waals surface area contributed by atoms with E-state index in [1.165, 1.54) is 6.07 Å². The van der Waals surface area contributed by atoms with E-state index in [0.29, 0.717) is 17.1 Å². The normalized spacial score (nSPS) is 22.3. The Labute approximate surface area is 164 Å². The quantitative estimate of drug-likeness (QED) is 0.745. The van der Waals surface area contributed by atoms with Gasteiger partial charge in [0.05, 0.1) is 11.1 Å². The zero-order valence-electron chi connectivity index (χ0n) is 14.2. The van der Waals surface area contributed by atoms with Crippen LogP contribution in [0, 0.1) is 5.82 Å². The molecule has 3 rings (SSSR count). The van der Waals surface area contributed by atoms with Crippen molar-refractivity contribution < 1.29 is 4.39 Å². The molecule has 1 N–H and O–H groups in total. The van der Waals surface area contributed by atoms with E-state index in [1.54, 1.807) is 6.07 Å². The van der Waals surface area contributed by atoms with E-state index in [1.807, 2.05) is 30.3 Å². The minimum absolute atomic E-state index is 0. The van der Waals surface area contributed by atoms with E-state index in [0.717, 1.165) is 24.2 Å². The maximum absolute atomic E-state index is 13.6. The maximum atomic E-state index is 13.6. The summed E-state index contributed by atoms with van der Waals surface area (Å²) in [4.78, 5) is 2.44. The van der Waals surface area contributed by atoms with Gasteiger partial charge in [0.25, 0.3) is 0 Å². The number of halogens is 4. The molecule has 0 spiro atoms. The molecule has 0 radical (unpaired) electrons. The second-order valence-electron chi connectivity index (χ2n) is 6.48. The Morgan fingerprint density at radius 3 is 2.36 bits per heavy atom. The third-order valence-electron chi connectivity index (χ3n) is 4.59. The van der Waals surface area contributed by atoms with Crippen LogP contribution >= 0.6 is 35.6 Å². The molecular weight excluding hydrogens is 382 g/mol. The van der Waals surface area contributed by atoms with E-state index in [9.17, 15) is 4.39 Å². The topological polar surface area (TPSA) is 15.3 Å². The Morgan fingerprint density at radius 1 is 1.08 bits per heavy atom. The van der Waals surface area contributed by atoms with E-state index in [2.05, 4.69) is 24.1 Å². The molecule has 1 aliphatic rings. The van der Waals surface area contributed by atoms with Crippen LogP contribution in [-0.4, -0.2) is 30.1 Å². The fourth-order valence-electron chi connectivity index (χ4n) is 3.31. The number of nitrogens with zero attached hydrogens (tertiary/aromatic N) is 1. The van der Waals surface area contributed by atoms with Crippen LogP contribution in [0.4, 0.5) is 4.39 Å². The highest BCUT2D eigenvalue weighted by Gasteiger charge is 2.31. The first-order valence-electron chi connectivity index (χ1n) is 8.15. The lowest BCUT2D eigenvalue weighted by molar-refractivity contribution is 0.113. The van der Waals surface area contributed by atoms with Crippen molar-refractivity contribution in [2.24, 2.45) is 0 Å².